The fourth-order valence-electron chi connectivity index (χ4n) is 2.90. The van der Waals surface area contributed by atoms with E-state index in [-0.39, 0.29) is 54.1 Å². The molecule has 0 radical (unpaired) electrons. The van der Waals surface area contributed by atoms with E-state index in [1.807, 2.05) is 0 Å². The number of anilines is 2. The maximum absolute atomic E-state index is 13.6. The minimum Gasteiger partial charge on any atom is -0.328 e. The van der Waals surface area contributed by atoms with Crippen LogP contribution in [0, 0.1) is 11.7 Å². The molecule has 1 aliphatic rings. The topological polar surface area (TPSA) is 97.1 Å². The number of amides is 2. The van der Waals surface area contributed by atoms with Crippen molar-refractivity contribution in [3.63, 3.8) is 0 Å². The van der Waals surface area contributed by atoms with Gasteiger partial charge in [0, 0.05) is 18.2 Å². The lowest BCUT2D eigenvalue weighted by atomic mass is 10.1. The number of pyridine rings is 1. The molecule has 1 aromatic carbocycles. The second kappa shape index (κ2) is 10.2. The van der Waals surface area contributed by atoms with E-state index in [4.69, 9.17) is 5.73 Å². The fourth-order valence-corrected chi connectivity index (χ4v) is 2.90. The Hall–Kier alpha value is -2.22. The van der Waals surface area contributed by atoms with Crippen molar-refractivity contribution in [2.24, 2.45) is 11.7 Å². The maximum atomic E-state index is 13.6. The first-order chi connectivity index (χ1) is 12.0. The second-order valence-corrected chi connectivity index (χ2v) is 6.12. The Morgan fingerprint density at radius 1 is 1.07 bits per heavy atom. The minimum atomic E-state index is -0.505. The normalized spacial score (nSPS) is 18.0. The number of aromatic nitrogens is 1. The highest BCUT2D eigenvalue weighted by Gasteiger charge is 2.28. The van der Waals surface area contributed by atoms with Crippen molar-refractivity contribution in [1.29, 1.82) is 0 Å². The molecule has 9 heteroatoms. The number of rotatable bonds is 4. The summed E-state index contributed by atoms with van der Waals surface area (Å²) in [7, 11) is 0. The Balaban J connectivity index is 0.00000182. The van der Waals surface area contributed by atoms with Crippen LogP contribution in [-0.2, 0) is 4.79 Å². The lowest BCUT2D eigenvalue weighted by Crippen LogP contribution is -2.24. The molecule has 1 heterocycles. The van der Waals surface area contributed by atoms with Crippen LogP contribution >= 0.6 is 24.8 Å². The highest BCUT2D eigenvalue weighted by Crippen LogP contribution is 2.28. The lowest BCUT2D eigenvalue weighted by molar-refractivity contribution is -0.119. The van der Waals surface area contributed by atoms with Crippen molar-refractivity contribution in [2.75, 3.05) is 10.6 Å². The maximum Gasteiger partial charge on any atom is 0.274 e. The van der Waals surface area contributed by atoms with Crippen LogP contribution in [0.25, 0.3) is 0 Å². The molecule has 6 nitrogen and oxygen atoms in total. The summed E-state index contributed by atoms with van der Waals surface area (Å²) in [6.45, 7) is 0. The fraction of sp³-hybridized carbons (Fsp3) is 0.278. The van der Waals surface area contributed by atoms with Crippen molar-refractivity contribution >= 4 is 48.0 Å². The molecule has 4 N–H and O–H groups in total. The van der Waals surface area contributed by atoms with E-state index in [9.17, 15) is 14.0 Å². The van der Waals surface area contributed by atoms with Crippen molar-refractivity contribution in [3.05, 3.63) is 54.1 Å². The minimum absolute atomic E-state index is 0. The molecule has 1 aromatic heterocycles. The van der Waals surface area contributed by atoms with Gasteiger partial charge in [-0.1, -0.05) is 6.07 Å². The Morgan fingerprint density at radius 3 is 2.48 bits per heavy atom. The summed E-state index contributed by atoms with van der Waals surface area (Å²) in [5.74, 6) is -1.36. The molecule has 0 aliphatic heterocycles. The third-order valence-corrected chi connectivity index (χ3v) is 4.23. The number of carbonyl (C=O) groups is 2. The summed E-state index contributed by atoms with van der Waals surface area (Å²) in [5.41, 5.74) is 6.59. The van der Waals surface area contributed by atoms with Crippen LogP contribution in [0.1, 0.15) is 29.8 Å². The van der Waals surface area contributed by atoms with E-state index in [0.717, 1.165) is 6.42 Å². The first-order valence-electron chi connectivity index (χ1n) is 8.11. The van der Waals surface area contributed by atoms with Gasteiger partial charge in [-0.25, -0.2) is 4.39 Å². The Bertz CT molecular complexity index is 792. The van der Waals surface area contributed by atoms with Gasteiger partial charge in [-0.05, 0) is 49.6 Å². The van der Waals surface area contributed by atoms with Crippen LogP contribution in [0.4, 0.5) is 15.8 Å². The van der Waals surface area contributed by atoms with Gasteiger partial charge in [0.1, 0.15) is 11.5 Å². The molecule has 2 unspecified atom stereocenters. The molecule has 1 fully saturated rings. The van der Waals surface area contributed by atoms with Gasteiger partial charge < -0.3 is 16.4 Å². The van der Waals surface area contributed by atoms with E-state index in [0.29, 0.717) is 18.5 Å². The van der Waals surface area contributed by atoms with Crippen molar-refractivity contribution in [3.8, 4) is 0 Å². The summed E-state index contributed by atoms with van der Waals surface area (Å²) < 4.78 is 13.6. The molecular formula is C18H21Cl2FN4O2. The molecular weight excluding hydrogens is 394 g/mol. The number of benzene rings is 1. The summed E-state index contributed by atoms with van der Waals surface area (Å²) in [6, 6.07) is 8.79. The number of carbonyl (C=O) groups excluding carboxylic acids is 2. The number of hydrogen-bond acceptors (Lipinski definition) is 4. The lowest BCUT2D eigenvalue weighted by Gasteiger charge is -2.15. The third kappa shape index (κ3) is 5.89. The average molecular weight is 415 g/mol. The highest BCUT2D eigenvalue weighted by atomic mass is 35.5. The highest BCUT2D eigenvalue weighted by molar-refractivity contribution is 6.06. The average Bonchev–Trinajstić information content (AvgIpc) is 3.04. The predicted octanol–water partition coefficient (Wildman–Crippen LogP) is 3.38. The van der Waals surface area contributed by atoms with Gasteiger partial charge in [0.15, 0.2) is 0 Å². The van der Waals surface area contributed by atoms with Gasteiger partial charge in [0.2, 0.25) is 5.91 Å². The van der Waals surface area contributed by atoms with Gasteiger partial charge in [0.05, 0.1) is 11.4 Å². The standard InChI is InChI=1S/C18H19FN4O2.2ClH/c19-12-5-7-14(22-18(25)15-3-1-2-8-21-15)16(10-12)23-17(24)11-4-6-13(20)9-11;;/h1-3,5,7-8,10-11,13H,4,6,9,20H2,(H,22,25)(H,23,24);2*1H. The molecule has 1 saturated carbocycles. The molecule has 0 saturated heterocycles. The molecule has 2 amide bonds. The molecule has 3 rings (SSSR count). The summed E-state index contributed by atoms with van der Waals surface area (Å²) in [5, 5.41) is 5.35. The van der Waals surface area contributed by atoms with Crippen molar-refractivity contribution in [1.82, 2.24) is 4.98 Å². The smallest absolute Gasteiger partial charge is 0.274 e. The van der Waals surface area contributed by atoms with Crippen molar-refractivity contribution < 1.29 is 14.0 Å². The molecule has 0 spiro atoms. The summed E-state index contributed by atoms with van der Waals surface area (Å²) in [4.78, 5) is 28.6. The zero-order valence-corrected chi connectivity index (χ0v) is 16.0. The molecule has 146 valence electrons. The monoisotopic (exact) mass is 414 g/mol. The molecule has 27 heavy (non-hydrogen) atoms. The van der Waals surface area contributed by atoms with Crippen LogP contribution in [0.3, 0.4) is 0 Å². The number of hydrogen-bond donors (Lipinski definition) is 3. The van der Waals surface area contributed by atoms with Crippen LogP contribution in [-0.4, -0.2) is 22.8 Å². The first-order valence-corrected chi connectivity index (χ1v) is 8.11. The first kappa shape index (κ1) is 22.8. The van der Waals surface area contributed by atoms with Crippen LogP contribution in [0.2, 0.25) is 0 Å². The molecule has 0 bridgehead atoms. The van der Waals surface area contributed by atoms with Crippen LogP contribution < -0.4 is 16.4 Å². The Kier molecular flexibility index (Phi) is 8.62. The van der Waals surface area contributed by atoms with E-state index >= 15 is 0 Å². The predicted molar refractivity (Wildman–Crippen MR) is 107 cm³/mol. The van der Waals surface area contributed by atoms with Gasteiger partial charge in [-0.15, -0.1) is 24.8 Å². The summed E-state index contributed by atoms with van der Waals surface area (Å²) >= 11 is 0. The number of nitrogens with zero attached hydrogens (tertiary/aromatic N) is 1. The van der Waals surface area contributed by atoms with Gasteiger partial charge in [0.25, 0.3) is 5.91 Å². The van der Waals surface area contributed by atoms with E-state index in [1.165, 1.54) is 24.4 Å². The van der Waals surface area contributed by atoms with E-state index in [1.54, 1.807) is 18.2 Å². The van der Waals surface area contributed by atoms with Gasteiger partial charge >= 0.3 is 0 Å². The Labute approximate surface area is 168 Å². The quantitative estimate of drug-likeness (QED) is 0.713. The van der Waals surface area contributed by atoms with E-state index < -0.39 is 11.7 Å². The van der Waals surface area contributed by atoms with E-state index in [2.05, 4.69) is 15.6 Å². The molecule has 2 atom stereocenters. The SMILES string of the molecule is Cl.Cl.NC1CCC(C(=O)Nc2cc(F)ccc2NC(=O)c2ccccn2)C1. The number of halogens is 3. The van der Waals surface area contributed by atoms with Gasteiger partial charge in [-0.2, -0.15) is 0 Å². The zero-order chi connectivity index (χ0) is 17.8. The van der Waals surface area contributed by atoms with Crippen molar-refractivity contribution in [2.45, 2.75) is 25.3 Å². The third-order valence-electron chi connectivity index (χ3n) is 4.23. The second-order valence-electron chi connectivity index (χ2n) is 6.12. The van der Waals surface area contributed by atoms with Gasteiger partial charge in [-0.3, -0.25) is 14.6 Å². The molecule has 2 aromatic rings. The Morgan fingerprint density at radius 2 is 1.85 bits per heavy atom. The molecule has 1 aliphatic carbocycles. The number of nitrogens with one attached hydrogen (secondary N) is 2. The largest absolute Gasteiger partial charge is 0.328 e. The number of nitrogens with two attached hydrogens (primary N) is 1. The van der Waals surface area contributed by atoms with Crippen LogP contribution in [0.15, 0.2) is 42.6 Å². The summed E-state index contributed by atoms with van der Waals surface area (Å²) in [6.07, 6.45) is 3.62. The van der Waals surface area contributed by atoms with Crippen LogP contribution in [0.5, 0.6) is 0 Å². The zero-order valence-electron chi connectivity index (χ0n) is 14.4.